The van der Waals surface area contributed by atoms with Crippen LogP contribution in [0.4, 0.5) is 13.2 Å². The van der Waals surface area contributed by atoms with Crippen LogP contribution in [0.15, 0.2) is 24.5 Å². The van der Waals surface area contributed by atoms with Gasteiger partial charge in [0.15, 0.2) is 6.61 Å². The summed E-state index contributed by atoms with van der Waals surface area (Å²) >= 11 is 0. The number of aromatic nitrogens is 2. The van der Waals surface area contributed by atoms with Crippen LogP contribution < -0.4 is 10.1 Å². The molecule has 2 amide bonds. The highest BCUT2D eigenvalue weighted by Crippen LogP contribution is 2.33. The molecule has 2 aromatic heterocycles. The SMILES string of the molecule is Cc1cc(C(C)N2Cc3c(ccnc3C(=O)NCCO)C2=O)ncc1OCC(F)(F)F. The number of rotatable bonds is 7. The monoisotopic (exact) mass is 438 g/mol. The lowest BCUT2D eigenvalue weighted by molar-refractivity contribution is -0.153. The standard InChI is InChI=1S/C20H21F3N4O4/c1-11-7-15(26-8-16(11)31-10-20(21,22)23)12(2)27-9-14-13(19(27)30)3-4-24-17(14)18(29)25-5-6-28/h3-4,7-8,12,28H,5-6,9-10H2,1-2H3,(H,25,29). The second-order valence-corrected chi connectivity index (χ2v) is 7.05. The van der Waals surface area contributed by atoms with Gasteiger partial charge in [-0.05, 0) is 31.5 Å². The average molecular weight is 438 g/mol. The summed E-state index contributed by atoms with van der Waals surface area (Å²) in [4.78, 5) is 35.0. The Bertz CT molecular complexity index is 997. The number of amides is 2. The predicted octanol–water partition coefficient (Wildman–Crippen LogP) is 2.17. The second-order valence-electron chi connectivity index (χ2n) is 7.05. The lowest BCUT2D eigenvalue weighted by Crippen LogP contribution is -2.29. The van der Waals surface area contributed by atoms with Crippen LogP contribution in [0.3, 0.4) is 0 Å². The zero-order chi connectivity index (χ0) is 22.8. The van der Waals surface area contributed by atoms with E-state index in [9.17, 15) is 22.8 Å². The number of carbonyl (C=O) groups is 2. The van der Waals surface area contributed by atoms with Crippen LogP contribution in [-0.4, -0.2) is 57.7 Å². The molecular formula is C20H21F3N4O4. The molecule has 0 radical (unpaired) electrons. The van der Waals surface area contributed by atoms with E-state index in [2.05, 4.69) is 15.3 Å². The number of halogens is 3. The van der Waals surface area contributed by atoms with Gasteiger partial charge in [0.2, 0.25) is 0 Å². The van der Waals surface area contributed by atoms with Gasteiger partial charge in [0.1, 0.15) is 11.4 Å². The van der Waals surface area contributed by atoms with Crippen molar-refractivity contribution in [2.24, 2.45) is 0 Å². The van der Waals surface area contributed by atoms with Gasteiger partial charge in [-0.2, -0.15) is 13.2 Å². The van der Waals surface area contributed by atoms with Gasteiger partial charge in [0, 0.05) is 30.4 Å². The highest BCUT2D eigenvalue weighted by atomic mass is 19.4. The van der Waals surface area contributed by atoms with Crippen LogP contribution in [0.5, 0.6) is 5.75 Å². The Morgan fingerprint density at radius 2 is 2.13 bits per heavy atom. The number of pyridine rings is 2. The van der Waals surface area contributed by atoms with Gasteiger partial charge in [0.25, 0.3) is 11.8 Å². The van der Waals surface area contributed by atoms with E-state index in [1.165, 1.54) is 23.4 Å². The van der Waals surface area contributed by atoms with Crippen molar-refractivity contribution in [3.63, 3.8) is 0 Å². The minimum Gasteiger partial charge on any atom is -0.482 e. The molecule has 0 saturated carbocycles. The van der Waals surface area contributed by atoms with Gasteiger partial charge >= 0.3 is 6.18 Å². The molecule has 3 rings (SSSR count). The van der Waals surface area contributed by atoms with E-state index >= 15 is 0 Å². The molecule has 0 aliphatic carbocycles. The Morgan fingerprint density at radius 3 is 2.77 bits per heavy atom. The lowest BCUT2D eigenvalue weighted by Gasteiger charge is -2.24. The van der Waals surface area contributed by atoms with Gasteiger partial charge in [-0.25, -0.2) is 0 Å². The summed E-state index contributed by atoms with van der Waals surface area (Å²) in [6, 6.07) is 2.59. The molecule has 11 heteroatoms. The highest BCUT2D eigenvalue weighted by Gasteiger charge is 2.35. The van der Waals surface area contributed by atoms with Crippen LogP contribution in [0.25, 0.3) is 0 Å². The first kappa shape index (κ1) is 22.5. The average Bonchev–Trinajstić information content (AvgIpc) is 3.06. The Kier molecular flexibility index (Phi) is 6.44. The maximum Gasteiger partial charge on any atom is 0.422 e. The largest absolute Gasteiger partial charge is 0.482 e. The number of aliphatic hydroxyl groups excluding tert-OH is 1. The van der Waals surface area contributed by atoms with E-state index in [4.69, 9.17) is 9.84 Å². The molecule has 0 saturated heterocycles. The van der Waals surface area contributed by atoms with Gasteiger partial charge in [-0.1, -0.05) is 0 Å². The van der Waals surface area contributed by atoms with E-state index < -0.39 is 24.7 Å². The van der Waals surface area contributed by atoms with Gasteiger partial charge in [0.05, 0.1) is 24.5 Å². The molecule has 1 aliphatic rings. The lowest BCUT2D eigenvalue weighted by atomic mass is 10.1. The summed E-state index contributed by atoms with van der Waals surface area (Å²) in [7, 11) is 0. The van der Waals surface area contributed by atoms with Gasteiger partial charge in [-0.15, -0.1) is 0 Å². The van der Waals surface area contributed by atoms with E-state index in [1.807, 2.05) is 0 Å². The van der Waals surface area contributed by atoms with Crippen LogP contribution in [0, 0.1) is 6.92 Å². The minimum absolute atomic E-state index is 0.0105. The smallest absolute Gasteiger partial charge is 0.422 e. The quantitative estimate of drug-likeness (QED) is 0.687. The van der Waals surface area contributed by atoms with E-state index in [1.54, 1.807) is 19.9 Å². The fraction of sp³-hybridized carbons (Fsp3) is 0.400. The molecule has 2 aromatic rings. The third kappa shape index (κ3) is 4.93. The first-order valence-corrected chi connectivity index (χ1v) is 9.46. The molecule has 0 bridgehead atoms. The molecule has 0 aromatic carbocycles. The van der Waals surface area contributed by atoms with Crippen molar-refractivity contribution < 1.29 is 32.6 Å². The molecule has 0 spiro atoms. The molecular weight excluding hydrogens is 417 g/mol. The number of aryl methyl sites for hydroxylation is 1. The van der Waals surface area contributed by atoms with Crippen LogP contribution in [-0.2, 0) is 6.54 Å². The number of nitrogens with one attached hydrogen (secondary N) is 1. The highest BCUT2D eigenvalue weighted by molar-refractivity contribution is 6.03. The minimum atomic E-state index is -4.46. The number of aliphatic hydroxyl groups is 1. The van der Waals surface area contributed by atoms with Crippen LogP contribution >= 0.6 is 0 Å². The van der Waals surface area contributed by atoms with Crippen LogP contribution in [0.2, 0.25) is 0 Å². The maximum absolute atomic E-state index is 12.9. The third-order valence-electron chi connectivity index (χ3n) is 4.86. The normalized spacial score (nSPS) is 14.4. The Balaban J connectivity index is 1.80. The number of hydrogen-bond acceptors (Lipinski definition) is 6. The number of hydrogen-bond donors (Lipinski definition) is 2. The molecule has 2 N–H and O–H groups in total. The van der Waals surface area contributed by atoms with Gasteiger partial charge in [-0.3, -0.25) is 19.6 Å². The van der Waals surface area contributed by atoms with Gasteiger partial charge < -0.3 is 20.1 Å². The van der Waals surface area contributed by atoms with Crippen molar-refractivity contribution >= 4 is 11.8 Å². The molecule has 0 fully saturated rings. The summed E-state index contributed by atoms with van der Waals surface area (Å²) in [5.74, 6) is -0.789. The number of nitrogens with zero attached hydrogens (tertiary/aromatic N) is 3. The van der Waals surface area contributed by atoms with Crippen molar-refractivity contribution in [3.05, 3.63) is 52.6 Å². The van der Waals surface area contributed by atoms with Crippen LogP contribution in [0.1, 0.15) is 50.6 Å². The Morgan fingerprint density at radius 1 is 1.39 bits per heavy atom. The molecule has 1 unspecified atom stereocenters. The third-order valence-corrected chi connectivity index (χ3v) is 4.86. The first-order valence-electron chi connectivity index (χ1n) is 9.46. The van der Waals surface area contributed by atoms with E-state index in [0.29, 0.717) is 22.4 Å². The van der Waals surface area contributed by atoms with Crippen molar-refractivity contribution in [2.45, 2.75) is 32.6 Å². The molecule has 1 aliphatic heterocycles. The summed E-state index contributed by atoms with van der Waals surface area (Å²) in [6.45, 7) is 1.87. The maximum atomic E-state index is 12.9. The molecule has 31 heavy (non-hydrogen) atoms. The number of ether oxygens (including phenoxy) is 1. The summed E-state index contributed by atoms with van der Waals surface area (Å²) in [5, 5.41) is 11.4. The molecule has 3 heterocycles. The van der Waals surface area contributed by atoms with Crippen molar-refractivity contribution in [3.8, 4) is 5.75 Å². The fourth-order valence-corrected chi connectivity index (χ4v) is 3.28. The van der Waals surface area contributed by atoms with E-state index in [-0.39, 0.29) is 37.0 Å². The number of carbonyl (C=O) groups excluding carboxylic acids is 2. The first-order chi connectivity index (χ1) is 14.6. The Hall–Kier alpha value is -3.21. The molecule has 166 valence electrons. The molecule has 1 atom stereocenters. The summed E-state index contributed by atoms with van der Waals surface area (Å²) in [5.41, 5.74) is 1.84. The van der Waals surface area contributed by atoms with Crippen molar-refractivity contribution in [1.82, 2.24) is 20.2 Å². The fourth-order valence-electron chi connectivity index (χ4n) is 3.28. The molecule has 8 nitrogen and oxygen atoms in total. The zero-order valence-electron chi connectivity index (χ0n) is 16.9. The topological polar surface area (TPSA) is 105 Å². The number of alkyl halides is 3. The Labute approximate surface area is 176 Å². The summed E-state index contributed by atoms with van der Waals surface area (Å²) in [6.07, 6.45) is -1.88. The predicted molar refractivity (Wildman–Crippen MR) is 102 cm³/mol. The van der Waals surface area contributed by atoms with E-state index in [0.717, 1.165) is 0 Å². The van der Waals surface area contributed by atoms with Crippen molar-refractivity contribution in [1.29, 1.82) is 0 Å². The second kappa shape index (κ2) is 8.88. The number of fused-ring (bicyclic) bond motifs is 1. The summed E-state index contributed by atoms with van der Waals surface area (Å²) < 4.78 is 41.9. The van der Waals surface area contributed by atoms with Crippen molar-refractivity contribution in [2.75, 3.05) is 19.8 Å². The zero-order valence-corrected chi connectivity index (χ0v) is 16.9.